The summed E-state index contributed by atoms with van der Waals surface area (Å²) in [5.74, 6) is 0.0331. The highest BCUT2D eigenvalue weighted by Crippen LogP contribution is 2.32. The molecule has 1 atom stereocenters. The van der Waals surface area contributed by atoms with Crippen molar-refractivity contribution in [2.45, 2.75) is 5.92 Å². The average molecular weight is 347 g/mol. The Labute approximate surface area is 149 Å². The molecule has 3 heterocycles. The number of benzene rings is 1. The van der Waals surface area contributed by atoms with Crippen molar-refractivity contribution < 1.29 is 4.79 Å². The van der Waals surface area contributed by atoms with E-state index in [0.717, 1.165) is 5.52 Å². The molecule has 124 valence electrons. The van der Waals surface area contributed by atoms with Crippen molar-refractivity contribution in [3.8, 4) is 0 Å². The molecule has 25 heavy (non-hydrogen) atoms. The topological polar surface area (TPSA) is 57.8 Å². The second-order valence-electron chi connectivity index (χ2n) is 5.80. The van der Waals surface area contributed by atoms with Crippen LogP contribution in [0, 0.1) is 0 Å². The van der Waals surface area contributed by atoms with Gasteiger partial charge in [-0.15, -0.1) is 11.3 Å². The van der Waals surface area contributed by atoms with Crippen molar-refractivity contribution in [2.24, 2.45) is 0 Å². The largest absolute Gasteiger partial charge is 0.361 e. The molecule has 4 aromatic rings. The van der Waals surface area contributed by atoms with Gasteiger partial charge in [-0.25, -0.2) is 0 Å². The Morgan fingerprint density at radius 2 is 1.96 bits per heavy atom. The smallest absolute Gasteiger partial charge is 0.251 e. The molecule has 4 nitrogen and oxygen atoms in total. The first-order valence-electron chi connectivity index (χ1n) is 8.10. The number of nitrogens with one attached hydrogen (secondary N) is 2. The van der Waals surface area contributed by atoms with E-state index in [0.29, 0.717) is 12.1 Å². The number of pyridine rings is 1. The number of aromatic nitrogens is 2. The molecular formula is C20H17N3OS. The predicted molar refractivity (Wildman–Crippen MR) is 101 cm³/mol. The molecule has 0 aliphatic heterocycles. The van der Waals surface area contributed by atoms with Gasteiger partial charge in [0.2, 0.25) is 0 Å². The van der Waals surface area contributed by atoms with Gasteiger partial charge in [0.15, 0.2) is 0 Å². The summed E-state index contributed by atoms with van der Waals surface area (Å²) in [6.45, 7) is 0.545. The minimum atomic E-state index is -0.0798. The Hall–Kier alpha value is -2.92. The van der Waals surface area contributed by atoms with Gasteiger partial charge in [-0.3, -0.25) is 9.78 Å². The van der Waals surface area contributed by atoms with E-state index in [9.17, 15) is 4.79 Å². The van der Waals surface area contributed by atoms with Crippen LogP contribution in [0.4, 0.5) is 0 Å². The number of rotatable bonds is 5. The van der Waals surface area contributed by atoms with E-state index in [1.54, 1.807) is 35.9 Å². The average Bonchev–Trinajstić information content (AvgIpc) is 3.33. The van der Waals surface area contributed by atoms with Crippen LogP contribution in [0.1, 0.15) is 26.7 Å². The zero-order valence-electron chi connectivity index (χ0n) is 13.5. The lowest BCUT2D eigenvalue weighted by Crippen LogP contribution is -2.28. The van der Waals surface area contributed by atoms with Crippen LogP contribution in [-0.2, 0) is 0 Å². The molecule has 0 aliphatic carbocycles. The Balaban J connectivity index is 1.63. The van der Waals surface area contributed by atoms with Crippen LogP contribution < -0.4 is 5.32 Å². The summed E-state index contributed by atoms with van der Waals surface area (Å²) >= 11 is 1.71. The zero-order chi connectivity index (χ0) is 17.1. The van der Waals surface area contributed by atoms with E-state index in [1.165, 1.54) is 15.8 Å². The molecule has 4 rings (SSSR count). The quantitative estimate of drug-likeness (QED) is 0.569. The fourth-order valence-electron chi connectivity index (χ4n) is 3.04. The van der Waals surface area contributed by atoms with Crippen molar-refractivity contribution in [3.05, 3.63) is 88.5 Å². The summed E-state index contributed by atoms with van der Waals surface area (Å²) in [5.41, 5.74) is 2.94. The Morgan fingerprint density at radius 3 is 2.76 bits per heavy atom. The van der Waals surface area contributed by atoms with Crippen LogP contribution in [-0.4, -0.2) is 22.4 Å². The summed E-state index contributed by atoms with van der Waals surface area (Å²) in [5, 5.41) is 6.33. The van der Waals surface area contributed by atoms with Crippen molar-refractivity contribution in [1.29, 1.82) is 0 Å². The van der Waals surface area contributed by atoms with Crippen LogP contribution >= 0.6 is 11.3 Å². The molecule has 0 unspecified atom stereocenters. The maximum atomic E-state index is 12.4. The van der Waals surface area contributed by atoms with Crippen LogP contribution in [0.25, 0.3) is 10.9 Å². The van der Waals surface area contributed by atoms with Crippen LogP contribution in [0.15, 0.2) is 72.5 Å². The number of carbonyl (C=O) groups is 1. The summed E-state index contributed by atoms with van der Waals surface area (Å²) in [6.07, 6.45) is 5.31. The molecule has 1 amide bonds. The Morgan fingerprint density at radius 1 is 1.12 bits per heavy atom. The number of hydrogen-bond donors (Lipinski definition) is 2. The van der Waals surface area contributed by atoms with Crippen molar-refractivity contribution >= 4 is 28.1 Å². The fraction of sp³-hybridized carbons (Fsp3) is 0.100. The second-order valence-corrected chi connectivity index (χ2v) is 6.78. The molecule has 1 aromatic carbocycles. The minimum absolute atomic E-state index is 0.0798. The third-order valence-corrected chi connectivity index (χ3v) is 5.28. The number of carbonyl (C=O) groups excluding carboxylic acids is 1. The zero-order valence-corrected chi connectivity index (χ0v) is 14.3. The highest BCUT2D eigenvalue weighted by atomic mass is 32.1. The molecule has 0 saturated heterocycles. The first-order chi connectivity index (χ1) is 12.3. The normalized spacial score (nSPS) is 12.2. The van der Waals surface area contributed by atoms with E-state index in [2.05, 4.69) is 38.9 Å². The van der Waals surface area contributed by atoms with Gasteiger partial charge in [0.05, 0.1) is 0 Å². The molecule has 0 saturated carbocycles. The highest BCUT2D eigenvalue weighted by molar-refractivity contribution is 7.10. The van der Waals surface area contributed by atoms with Gasteiger partial charge in [-0.05, 0) is 35.2 Å². The molecule has 0 radical (unpaired) electrons. The Kier molecular flexibility index (Phi) is 4.31. The standard InChI is InChI=1S/C20H17N3OS/c24-20(14-7-9-21-10-8-14)23-13-17(19-6-3-11-25-19)16-12-22-18-5-2-1-4-15(16)18/h1-12,17,22H,13H2,(H,23,24)/t17-/m0/s1. The monoisotopic (exact) mass is 347 g/mol. The van der Waals surface area contributed by atoms with Crippen molar-refractivity contribution in [1.82, 2.24) is 15.3 Å². The van der Waals surface area contributed by atoms with Gasteiger partial charge < -0.3 is 10.3 Å². The van der Waals surface area contributed by atoms with Gasteiger partial charge in [0.1, 0.15) is 0 Å². The van der Waals surface area contributed by atoms with Crippen LogP contribution in [0.3, 0.4) is 0 Å². The van der Waals surface area contributed by atoms with E-state index in [4.69, 9.17) is 0 Å². The summed E-state index contributed by atoms with van der Waals surface area (Å²) < 4.78 is 0. The first-order valence-corrected chi connectivity index (χ1v) is 8.98. The number of aromatic amines is 1. The summed E-state index contributed by atoms with van der Waals surface area (Å²) in [6, 6.07) is 15.9. The van der Waals surface area contributed by atoms with Crippen molar-refractivity contribution in [3.63, 3.8) is 0 Å². The lowest BCUT2D eigenvalue weighted by molar-refractivity contribution is 0.0952. The maximum Gasteiger partial charge on any atom is 0.251 e. The van der Waals surface area contributed by atoms with Crippen LogP contribution in [0.2, 0.25) is 0 Å². The van der Waals surface area contributed by atoms with Crippen LogP contribution in [0.5, 0.6) is 0 Å². The highest BCUT2D eigenvalue weighted by Gasteiger charge is 2.20. The number of amides is 1. The molecular weight excluding hydrogens is 330 g/mol. The van der Waals surface area contributed by atoms with E-state index >= 15 is 0 Å². The first kappa shape index (κ1) is 15.6. The van der Waals surface area contributed by atoms with Gasteiger partial charge in [0, 0.05) is 52.4 Å². The van der Waals surface area contributed by atoms with E-state index in [1.807, 2.05) is 24.4 Å². The third-order valence-electron chi connectivity index (χ3n) is 4.29. The molecule has 0 bridgehead atoms. The number of thiophene rings is 1. The maximum absolute atomic E-state index is 12.4. The molecule has 2 N–H and O–H groups in total. The lowest BCUT2D eigenvalue weighted by atomic mass is 9.96. The molecule has 5 heteroatoms. The molecule has 0 fully saturated rings. The van der Waals surface area contributed by atoms with Gasteiger partial charge >= 0.3 is 0 Å². The number of fused-ring (bicyclic) bond motifs is 1. The Bertz CT molecular complexity index is 977. The van der Waals surface area contributed by atoms with Gasteiger partial charge in [0.25, 0.3) is 5.91 Å². The second kappa shape index (κ2) is 6.91. The third kappa shape index (κ3) is 3.19. The summed E-state index contributed by atoms with van der Waals surface area (Å²) in [4.78, 5) is 20.9. The SMILES string of the molecule is O=C(NC[C@H](c1cccs1)c1c[nH]c2ccccc12)c1ccncc1. The fourth-order valence-corrected chi connectivity index (χ4v) is 3.88. The number of H-pyrrole nitrogens is 1. The summed E-state index contributed by atoms with van der Waals surface area (Å²) in [7, 11) is 0. The number of hydrogen-bond acceptors (Lipinski definition) is 3. The van der Waals surface area contributed by atoms with E-state index < -0.39 is 0 Å². The van der Waals surface area contributed by atoms with Gasteiger partial charge in [-0.2, -0.15) is 0 Å². The predicted octanol–water partition coefficient (Wildman–Crippen LogP) is 4.19. The lowest BCUT2D eigenvalue weighted by Gasteiger charge is -2.16. The number of para-hydroxylation sites is 1. The van der Waals surface area contributed by atoms with Gasteiger partial charge in [-0.1, -0.05) is 24.3 Å². The number of nitrogens with zero attached hydrogens (tertiary/aromatic N) is 1. The molecule has 0 spiro atoms. The molecule has 0 aliphatic rings. The molecule has 3 aromatic heterocycles. The van der Waals surface area contributed by atoms with E-state index in [-0.39, 0.29) is 11.8 Å². The van der Waals surface area contributed by atoms with Crippen molar-refractivity contribution in [2.75, 3.05) is 6.54 Å². The minimum Gasteiger partial charge on any atom is -0.361 e.